The molecule has 3 aromatic rings. The zero-order valence-corrected chi connectivity index (χ0v) is 19.1. The Morgan fingerprint density at radius 3 is 2.28 bits per heavy atom. The Labute approximate surface area is 198 Å². The van der Waals surface area contributed by atoms with Gasteiger partial charge in [0.25, 0.3) is 0 Å². The molecule has 0 atom stereocenters. The number of aromatic nitrogens is 1. The molecule has 1 N–H and O–H groups in total. The van der Waals surface area contributed by atoms with Gasteiger partial charge in [-0.15, -0.1) is 0 Å². The minimum absolute atomic E-state index is 0.126. The Morgan fingerprint density at radius 1 is 0.938 bits per heavy atom. The minimum atomic E-state index is -0.489. The van der Waals surface area contributed by atoms with Crippen molar-refractivity contribution in [1.29, 1.82) is 0 Å². The number of hydrogen-bond acceptors (Lipinski definition) is 4. The van der Waals surface area contributed by atoms with E-state index in [0.717, 1.165) is 54.4 Å². The van der Waals surface area contributed by atoms with E-state index in [2.05, 4.69) is 32.2 Å². The van der Waals surface area contributed by atoms with Gasteiger partial charge >= 0.3 is 0 Å². The van der Waals surface area contributed by atoms with Crippen LogP contribution in [0.1, 0.15) is 18.4 Å². The number of rotatable bonds is 4. The maximum absolute atomic E-state index is 12.9. The zero-order chi connectivity index (χ0) is 22.1. The van der Waals surface area contributed by atoms with Crippen LogP contribution in [-0.4, -0.2) is 41.1 Å². The number of carbonyl (C=O) groups excluding carboxylic acids is 1. The van der Waals surface area contributed by atoms with Gasteiger partial charge < -0.3 is 10.2 Å². The SMILES string of the molecule is O=C1NCN(c2ccc(Cl)cc2)C12CCN(Cc1ccnc(-c3ccc(Cl)cc3)c1)CC2. The van der Waals surface area contributed by atoms with E-state index in [4.69, 9.17) is 23.2 Å². The second kappa shape index (κ2) is 8.74. The zero-order valence-electron chi connectivity index (χ0n) is 17.6. The van der Waals surface area contributed by atoms with Crippen LogP contribution in [0, 0.1) is 0 Å². The lowest BCUT2D eigenvalue weighted by Gasteiger charge is -2.43. The molecule has 32 heavy (non-hydrogen) atoms. The molecular weight excluding hydrogens is 443 g/mol. The summed E-state index contributed by atoms with van der Waals surface area (Å²) in [5.74, 6) is 0.126. The number of piperidine rings is 1. The van der Waals surface area contributed by atoms with E-state index < -0.39 is 5.54 Å². The maximum atomic E-state index is 12.9. The van der Waals surface area contributed by atoms with Crippen LogP contribution >= 0.6 is 23.2 Å². The molecule has 0 saturated carbocycles. The number of benzene rings is 2. The van der Waals surface area contributed by atoms with Crippen molar-refractivity contribution < 1.29 is 4.79 Å². The third-order valence-corrected chi connectivity index (χ3v) is 7.03. The van der Waals surface area contributed by atoms with Gasteiger partial charge in [0, 0.05) is 47.1 Å². The third kappa shape index (κ3) is 4.08. The van der Waals surface area contributed by atoms with Crippen molar-refractivity contribution >= 4 is 34.8 Å². The number of nitrogens with zero attached hydrogens (tertiary/aromatic N) is 3. The molecule has 1 aromatic heterocycles. The van der Waals surface area contributed by atoms with Gasteiger partial charge in [0.2, 0.25) is 5.91 Å². The van der Waals surface area contributed by atoms with Crippen LogP contribution in [-0.2, 0) is 11.3 Å². The Hall–Kier alpha value is -2.60. The molecule has 5 rings (SSSR count). The van der Waals surface area contributed by atoms with E-state index in [1.807, 2.05) is 54.7 Å². The quantitative estimate of drug-likeness (QED) is 0.588. The number of hydrogen-bond donors (Lipinski definition) is 1. The fraction of sp³-hybridized carbons (Fsp3) is 0.280. The summed E-state index contributed by atoms with van der Waals surface area (Å²) in [6.07, 6.45) is 3.44. The van der Waals surface area contributed by atoms with Crippen LogP contribution < -0.4 is 10.2 Å². The average Bonchev–Trinajstić information content (AvgIpc) is 3.12. The molecule has 0 bridgehead atoms. The lowest BCUT2D eigenvalue weighted by atomic mass is 9.85. The molecule has 0 unspecified atom stereocenters. The minimum Gasteiger partial charge on any atom is -0.339 e. The normalized spacial score (nSPS) is 18.2. The number of amides is 1. The monoisotopic (exact) mass is 466 g/mol. The van der Waals surface area contributed by atoms with Gasteiger partial charge in [-0.1, -0.05) is 35.3 Å². The number of likely N-dealkylation sites (tertiary alicyclic amines) is 1. The number of halogens is 2. The maximum Gasteiger partial charge on any atom is 0.247 e. The van der Waals surface area contributed by atoms with E-state index in [0.29, 0.717) is 11.7 Å². The fourth-order valence-electron chi connectivity index (χ4n) is 4.74. The van der Waals surface area contributed by atoms with Crippen molar-refractivity contribution in [2.24, 2.45) is 0 Å². The van der Waals surface area contributed by atoms with Gasteiger partial charge in [-0.05, 0) is 66.9 Å². The summed E-state index contributed by atoms with van der Waals surface area (Å²) in [5.41, 5.74) is 3.75. The number of pyridine rings is 1. The highest BCUT2D eigenvalue weighted by Crippen LogP contribution is 2.37. The molecule has 7 heteroatoms. The molecule has 1 amide bonds. The molecule has 3 heterocycles. The summed E-state index contributed by atoms with van der Waals surface area (Å²) in [6.45, 7) is 3.09. The van der Waals surface area contributed by atoms with Crippen molar-refractivity contribution in [1.82, 2.24) is 15.2 Å². The first-order chi connectivity index (χ1) is 15.5. The van der Waals surface area contributed by atoms with Gasteiger partial charge in [0.15, 0.2) is 0 Å². The molecule has 0 aliphatic carbocycles. The second-order valence-electron chi connectivity index (χ2n) is 8.43. The van der Waals surface area contributed by atoms with Crippen molar-refractivity contribution in [2.45, 2.75) is 24.9 Å². The van der Waals surface area contributed by atoms with E-state index in [-0.39, 0.29) is 5.91 Å². The third-order valence-electron chi connectivity index (χ3n) is 6.53. The van der Waals surface area contributed by atoms with Crippen LogP contribution in [0.3, 0.4) is 0 Å². The van der Waals surface area contributed by atoms with Gasteiger partial charge in [0.1, 0.15) is 5.54 Å². The first-order valence-electron chi connectivity index (χ1n) is 10.8. The number of carbonyl (C=O) groups is 1. The second-order valence-corrected chi connectivity index (χ2v) is 9.31. The topological polar surface area (TPSA) is 48.5 Å². The van der Waals surface area contributed by atoms with E-state index >= 15 is 0 Å². The molecule has 1 spiro atoms. The molecule has 2 aliphatic heterocycles. The summed E-state index contributed by atoms with van der Waals surface area (Å²) < 4.78 is 0. The number of anilines is 1. The lowest BCUT2D eigenvalue weighted by molar-refractivity contribution is -0.125. The molecule has 0 radical (unpaired) electrons. The molecule has 164 valence electrons. The largest absolute Gasteiger partial charge is 0.339 e. The molecular formula is C25H24Cl2N4O. The van der Waals surface area contributed by atoms with Gasteiger partial charge in [-0.2, -0.15) is 0 Å². The van der Waals surface area contributed by atoms with Crippen LogP contribution in [0.15, 0.2) is 66.9 Å². The summed E-state index contributed by atoms with van der Waals surface area (Å²) >= 11 is 12.1. The van der Waals surface area contributed by atoms with Crippen LogP contribution in [0.4, 0.5) is 5.69 Å². The van der Waals surface area contributed by atoms with Crippen molar-refractivity contribution in [3.05, 3.63) is 82.5 Å². The fourth-order valence-corrected chi connectivity index (χ4v) is 4.99. The standard InChI is InChI=1S/C25H24Cl2N4O/c26-20-3-1-19(2-4-20)23-15-18(9-12-28-23)16-30-13-10-25(11-14-30)24(32)29-17-31(25)22-7-5-21(27)6-8-22/h1-9,12,15H,10-11,13-14,16-17H2,(H,29,32). The Kier molecular flexibility index (Phi) is 5.80. The van der Waals surface area contributed by atoms with Crippen molar-refractivity contribution in [2.75, 3.05) is 24.7 Å². The molecule has 2 saturated heterocycles. The Morgan fingerprint density at radius 2 is 1.59 bits per heavy atom. The Bertz CT molecular complexity index is 1110. The van der Waals surface area contributed by atoms with Crippen LogP contribution in [0.5, 0.6) is 0 Å². The van der Waals surface area contributed by atoms with Crippen molar-refractivity contribution in [3.63, 3.8) is 0 Å². The molecule has 2 aromatic carbocycles. The predicted octanol–water partition coefficient (Wildman–Crippen LogP) is 4.98. The summed E-state index contributed by atoms with van der Waals surface area (Å²) in [4.78, 5) is 22.0. The van der Waals surface area contributed by atoms with Gasteiger partial charge in [0.05, 0.1) is 12.4 Å². The Balaban J connectivity index is 1.28. The highest BCUT2D eigenvalue weighted by atomic mass is 35.5. The van der Waals surface area contributed by atoms with Gasteiger partial charge in [-0.25, -0.2) is 0 Å². The summed E-state index contributed by atoms with van der Waals surface area (Å²) in [5, 5.41) is 4.47. The smallest absolute Gasteiger partial charge is 0.247 e. The average molecular weight is 467 g/mol. The molecule has 5 nitrogen and oxygen atoms in total. The van der Waals surface area contributed by atoms with E-state index in [1.165, 1.54) is 5.56 Å². The highest BCUT2D eigenvalue weighted by molar-refractivity contribution is 6.30. The lowest BCUT2D eigenvalue weighted by Crippen LogP contribution is -2.56. The van der Waals surface area contributed by atoms with Crippen LogP contribution in [0.25, 0.3) is 11.3 Å². The van der Waals surface area contributed by atoms with Crippen LogP contribution in [0.2, 0.25) is 10.0 Å². The molecule has 2 aliphatic rings. The predicted molar refractivity (Wildman–Crippen MR) is 129 cm³/mol. The van der Waals surface area contributed by atoms with Crippen molar-refractivity contribution in [3.8, 4) is 11.3 Å². The van der Waals surface area contributed by atoms with Gasteiger partial charge in [-0.3, -0.25) is 14.7 Å². The van der Waals surface area contributed by atoms with E-state index in [1.54, 1.807) is 0 Å². The van der Waals surface area contributed by atoms with E-state index in [9.17, 15) is 4.79 Å². The highest BCUT2D eigenvalue weighted by Gasteiger charge is 2.50. The molecule has 2 fully saturated rings. The first kappa shape index (κ1) is 21.3. The summed E-state index contributed by atoms with van der Waals surface area (Å²) in [6, 6.07) is 19.7. The first-order valence-corrected chi connectivity index (χ1v) is 11.5. The number of nitrogens with one attached hydrogen (secondary N) is 1. The summed E-state index contributed by atoms with van der Waals surface area (Å²) in [7, 11) is 0.